The van der Waals surface area contributed by atoms with E-state index in [0.717, 1.165) is 29.8 Å². The zero-order valence-electron chi connectivity index (χ0n) is 6.70. The van der Waals surface area contributed by atoms with Crippen molar-refractivity contribution in [3.05, 3.63) is 23.4 Å². The van der Waals surface area contributed by atoms with Gasteiger partial charge in [0.25, 0.3) is 0 Å². The number of rotatable bonds is 1. The van der Waals surface area contributed by atoms with Crippen molar-refractivity contribution in [3.8, 4) is 0 Å². The summed E-state index contributed by atoms with van der Waals surface area (Å²) in [4.78, 5) is 8.28. The molecule has 0 aliphatic carbocycles. The molecule has 0 amide bonds. The molecule has 0 saturated heterocycles. The Morgan fingerprint density at radius 3 is 3.25 bits per heavy atom. The van der Waals surface area contributed by atoms with E-state index in [2.05, 4.69) is 9.98 Å². The molecule has 0 spiro atoms. The third-order valence-electron chi connectivity index (χ3n) is 1.94. The van der Waals surface area contributed by atoms with E-state index in [4.69, 9.17) is 5.11 Å². The van der Waals surface area contributed by atoms with Crippen molar-refractivity contribution in [2.75, 3.05) is 0 Å². The maximum absolute atomic E-state index is 8.86. The first-order valence-corrected chi connectivity index (χ1v) is 4.01. The van der Waals surface area contributed by atoms with E-state index in [9.17, 15) is 0 Å². The third kappa shape index (κ3) is 1.23. The van der Waals surface area contributed by atoms with Gasteiger partial charge >= 0.3 is 0 Å². The molecule has 0 radical (unpaired) electrons. The van der Waals surface area contributed by atoms with E-state index in [1.165, 1.54) is 0 Å². The molecule has 0 aromatic carbocycles. The molecule has 1 aliphatic rings. The minimum absolute atomic E-state index is 0.0595. The lowest BCUT2D eigenvalue weighted by Crippen LogP contribution is -1.97. The predicted molar refractivity (Wildman–Crippen MR) is 46.6 cm³/mol. The second kappa shape index (κ2) is 3.03. The summed E-state index contributed by atoms with van der Waals surface area (Å²) in [7, 11) is 0. The molecule has 3 nitrogen and oxygen atoms in total. The normalized spacial score (nSPS) is 14.4. The number of fused-ring (bicyclic) bond motifs is 1. The Balaban J connectivity index is 2.44. The maximum atomic E-state index is 8.86. The fourth-order valence-electron chi connectivity index (χ4n) is 1.31. The number of hydrogen-bond donors (Lipinski definition) is 1. The lowest BCUT2D eigenvalue weighted by molar-refractivity contribution is 0.281. The third-order valence-corrected chi connectivity index (χ3v) is 1.94. The molecule has 62 valence electrons. The Morgan fingerprint density at radius 1 is 1.50 bits per heavy atom. The zero-order chi connectivity index (χ0) is 8.39. The van der Waals surface area contributed by atoms with Crippen LogP contribution >= 0.6 is 0 Å². The summed E-state index contributed by atoms with van der Waals surface area (Å²) in [5, 5.41) is 8.86. The second-order valence-corrected chi connectivity index (χ2v) is 2.83. The molecule has 0 unspecified atom stereocenters. The summed E-state index contributed by atoms with van der Waals surface area (Å²) in [5.74, 6) is 0.804. The van der Waals surface area contributed by atoms with Crippen molar-refractivity contribution in [1.29, 1.82) is 0 Å². The standard InChI is InChI=1S/C9H10N2O/c12-6-7-4-8-2-1-3-10-9(8)11-5-7/h3-5,12H,1-2,6H2. The first-order chi connectivity index (χ1) is 5.90. The van der Waals surface area contributed by atoms with Crippen molar-refractivity contribution in [1.82, 2.24) is 4.98 Å². The molecule has 1 aromatic heterocycles. The topological polar surface area (TPSA) is 45.5 Å². The smallest absolute Gasteiger partial charge is 0.154 e. The summed E-state index contributed by atoms with van der Waals surface area (Å²) in [6.45, 7) is 0.0595. The molecule has 0 saturated carbocycles. The van der Waals surface area contributed by atoms with Gasteiger partial charge in [-0.25, -0.2) is 9.98 Å². The van der Waals surface area contributed by atoms with Crippen LogP contribution in [0.5, 0.6) is 0 Å². The van der Waals surface area contributed by atoms with Gasteiger partial charge in [0, 0.05) is 12.4 Å². The predicted octanol–water partition coefficient (Wildman–Crippen LogP) is 1.22. The van der Waals surface area contributed by atoms with E-state index in [-0.39, 0.29) is 6.61 Å². The van der Waals surface area contributed by atoms with Crippen molar-refractivity contribution in [2.24, 2.45) is 4.99 Å². The number of aliphatic hydroxyl groups excluding tert-OH is 1. The van der Waals surface area contributed by atoms with Crippen LogP contribution in [-0.2, 0) is 13.0 Å². The number of aryl methyl sites for hydroxylation is 1. The number of aromatic nitrogens is 1. The molecule has 0 fully saturated rings. The van der Waals surface area contributed by atoms with E-state index in [1.54, 1.807) is 6.20 Å². The average molecular weight is 162 g/mol. The number of pyridine rings is 1. The number of nitrogens with zero attached hydrogens (tertiary/aromatic N) is 2. The van der Waals surface area contributed by atoms with Crippen LogP contribution in [0.3, 0.4) is 0 Å². The molecule has 1 aliphatic heterocycles. The molecule has 1 N–H and O–H groups in total. The van der Waals surface area contributed by atoms with Crippen molar-refractivity contribution in [2.45, 2.75) is 19.4 Å². The van der Waals surface area contributed by atoms with Gasteiger partial charge in [0.1, 0.15) is 0 Å². The first kappa shape index (κ1) is 7.43. The van der Waals surface area contributed by atoms with E-state index < -0.39 is 0 Å². The van der Waals surface area contributed by atoms with Gasteiger partial charge in [0.15, 0.2) is 5.82 Å². The number of aliphatic imine (C=N–C) groups is 1. The molecule has 12 heavy (non-hydrogen) atoms. The molecule has 0 atom stereocenters. The Hall–Kier alpha value is -1.22. The van der Waals surface area contributed by atoms with Crippen molar-refractivity contribution in [3.63, 3.8) is 0 Å². The summed E-state index contributed by atoms with van der Waals surface area (Å²) in [6.07, 6.45) is 5.51. The summed E-state index contributed by atoms with van der Waals surface area (Å²) in [6, 6.07) is 1.97. The Kier molecular flexibility index (Phi) is 1.87. The molecule has 1 aromatic rings. The SMILES string of the molecule is OCc1cnc2c(c1)CCC=N2. The summed E-state index contributed by atoms with van der Waals surface area (Å²) < 4.78 is 0. The molecule has 2 heterocycles. The maximum Gasteiger partial charge on any atom is 0.154 e. The van der Waals surface area contributed by atoms with Gasteiger partial charge in [0.2, 0.25) is 0 Å². The summed E-state index contributed by atoms with van der Waals surface area (Å²) in [5.41, 5.74) is 2.01. The van der Waals surface area contributed by atoms with Crippen molar-refractivity contribution >= 4 is 12.0 Å². The van der Waals surface area contributed by atoms with Crippen LogP contribution in [0.4, 0.5) is 5.82 Å². The van der Waals surface area contributed by atoms with Crippen molar-refractivity contribution < 1.29 is 5.11 Å². The minimum atomic E-state index is 0.0595. The van der Waals surface area contributed by atoms with Gasteiger partial charge < -0.3 is 5.11 Å². The lowest BCUT2D eigenvalue weighted by Gasteiger charge is -2.08. The Bertz CT molecular complexity index is 320. The zero-order valence-corrected chi connectivity index (χ0v) is 6.70. The first-order valence-electron chi connectivity index (χ1n) is 4.01. The molecular weight excluding hydrogens is 152 g/mol. The average Bonchev–Trinajstić information content (AvgIpc) is 2.17. The van der Waals surface area contributed by atoms with Crippen LogP contribution in [0.25, 0.3) is 0 Å². The van der Waals surface area contributed by atoms with Crippen LogP contribution in [0, 0.1) is 0 Å². The van der Waals surface area contributed by atoms with E-state index in [1.807, 2.05) is 12.3 Å². The lowest BCUT2D eigenvalue weighted by atomic mass is 10.1. The van der Waals surface area contributed by atoms with Crippen LogP contribution in [0.2, 0.25) is 0 Å². The Morgan fingerprint density at radius 2 is 2.42 bits per heavy atom. The van der Waals surface area contributed by atoms with Crippen LogP contribution in [0.1, 0.15) is 17.5 Å². The highest BCUT2D eigenvalue weighted by Gasteiger charge is 2.06. The number of aliphatic hydroxyl groups is 1. The quantitative estimate of drug-likeness (QED) is 0.674. The molecule has 0 bridgehead atoms. The Labute approximate surface area is 70.8 Å². The highest BCUT2D eigenvalue weighted by molar-refractivity contribution is 5.66. The van der Waals surface area contributed by atoms with E-state index >= 15 is 0 Å². The van der Waals surface area contributed by atoms with Crippen LogP contribution in [-0.4, -0.2) is 16.3 Å². The second-order valence-electron chi connectivity index (χ2n) is 2.83. The molecule has 2 rings (SSSR count). The van der Waals surface area contributed by atoms with E-state index in [0.29, 0.717) is 0 Å². The largest absolute Gasteiger partial charge is 0.392 e. The fraction of sp³-hybridized carbons (Fsp3) is 0.333. The fourth-order valence-corrected chi connectivity index (χ4v) is 1.31. The van der Waals surface area contributed by atoms with Gasteiger partial charge in [-0.3, -0.25) is 0 Å². The minimum Gasteiger partial charge on any atom is -0.392 e. The molecule has 3 heteroatoms. The van der Waals surface area contributed by atoms with Crippen LogP contribution in [0.15, 0.2) is 17.3 Å². The van der Waals surface area contributed by atoms with Gasteiger partial charge in [-0.05, 0) is 30.0 Å². The van der Waals surface area contributed by atoms with Gasteiger partial charge in [-0.2, -0.15) is 0 Å². The summed E-state index contributed by atoms with van der Waals surface area (Å²) >= 11 is 0. The van der Waals surface area contributed by atoms with Gasteiger partial charge in [0.05, 0.1) is 6.61 Å². The van der Waals surface area contributed by atoms with Crippen LogP contribution < -0.4 is 0 Å². The number of hydrogen-bond acceptors (Lipinski definition) is 3. The monoisotopic (exact) mass is 162 g/mol. The highest BCUT2D eigenvalue weighted by atomic mass is 16.3. The molecular formula is C9H10N2O. The van der Waals surface area contributed by atoms with Gasteiger partial charge in [-0.15, -0.1) is 0 Å². The van der Waals surface area contributed by atoms with Gasteiger partial charge in [-0.1, -0.05) is 0 Å². The highest BCUT2D eigenvalue weighted by Crippen LogP contribution is 2.21.